The summed E-state index contributed by atoms with van der Waals surface area (Å²) in [5.41, 5.74) is 0.815. The third-order valence-corrected chi connectivity index (χ3v) is 6.28. The van der Waals surface area contributed by atoms with E-state index in [1.54, 1.807) is 18.2 Å². The fourth-order valence-electron chi connectivity index (χ4n) is 3.09. The predicted octanol–water partition coefficient (Wildman–Crippen LogP) is 2.08. The number of amides is 1. The molecule has 0 bridgehead atoms. The lowest BCUT2D eigenvalue weighted by Crippen LogP contribution is -2.34. The van der Waals surface area contributed by atoms with Gasteiger partial charge in [0.05, 0.1) is 4.90 Å². The smallest absolute Gasteiger partial charge is 0.267 e. The molecule has 1 aromatic heterocycles. The minimum atomic E-state index is -3.86. The van der Waals surface area contributed by atoms with Crippen LogP contribution in [-0.4, -0.2) is 30.7 Å². The van der Waals surface area contributed by atoms with Crippen LogP contribution in [-0.2, 0) is 21.2 Å². The number of rotatable bonds is 7. The van der Waals surface area contributed by atoms with Crippen molar-refractivity contribution >= 4 is 15.7 Å². The van der Waals surface area contributed by atoms with Crippen molar-refractivity contribution in [1.82, 2.24) is 15.1 Å². The number of allylic oxidation sites excluding steroid dienone is 1. The van der Waals surface area contributed by atoms with Gasteiger partial charge in [-0.05, 0) is 50.3 Å². The molecule has 0 saturated heterocycles. The van der Waals surface area contributed by atoms with Crippen LogP contribution in [0.2, 0.25) is 0 Å². The van der Waals surface area contributed by atoms with Gasteiger partial charge in [0.1, 0.15) is 6.54 Å². The maximum absolute atomic E-state index is 12.6. The summed E-state index contributed by atoms with van der Waals surface area (Å²) in [5.74, 6) is -0.375. The molecule has 28 heavy (non-hydrogen) atoms. The Hall–Kier alpha value is -2.74. The number of aromatic nitrogens is 2. The van der Waals surface area contributed by atoms with Gasteiger partial charge in [0.15, 0.2) is 5.03 Å². The van der Waals surface area contributed by atoms with E-state index in [0.717, 1.165) is 36.1 Å². The molecular weight excluding hydrogens is 378 g/mol. The maximum Gasteiger partial charge on any atom is 0.267 e. The van der Waals surface area contributed by atoms with Gasteiger partial charge in [-0.2, -0.15) is 5.10 Å². The highest BCUT2D eigenvalue weighted by Gasteiger charge is 2.20. The van der Waals surface area contributed by atoms with Gasteiger partial charge < -0.3 is 5.32 Å². The van der Waals surface area contributed by atoms with Gasteiger partial charge in [0, 0.05) is 12.6 Å². The van der Waals surface area contributed by atoms with E-state index < -0.39 is 15.4 Å². The highest BCUT2D eigenvalue weighted by atomic mass is 32.2. The minimum absolute atomic E-state index is 0.0814. The SMILES string of the molecule is O=C(Cn1nc(S(=O)(=O)c2ccccc2)ccc1=O)NCCC1=CCCCC1. The average molecular weight is 401 g/mol. The Bertz CT molecular complexity index is 1030. The number of sulfone groups is 1. The standard InChI is InChI=1S/C20H23N3O4S/c24-18(21-14-13-16-7-3-1-4-8-16)15-23-20(25)12-11-19(22-23)28(26,27)17-9-5-2-6-10-17/h2,5-7,9-12H,1,3-4,8,13-15H2,(H,21,24). The van der Waals surface area contributed by atoms with Gasteiger partial charge in [-0.3, -0.25) is 9.59 Å². The van der Waals surface area contributed by atoms with Crippen LogP contribution in [0.25, 0.3) is 0 Å². The van der Waals surface area contributed by atoms with Crippen LogP contribution in [0.3, 0.4) is 0 Å². The van der Waals surface area contributed by atoms with Crippen LogP contribution < -0.4 is 10.9 Å². The zero-order chi connectivity index (χ0) is 20.0. The molecule has 3 rings (SSSR count). The number of nitrogens with zero attached hydrogens (tertiary/aromatic N) is 2. The summed E-state index contributed by atoms with van der Waals surface area (Å²) in [7, 11) is -3.86. The Labute approximate surface area is 164 Å². The highest BCUT2D eigenvalue weighted by Crippen LogP contribution is 2.19. The van der Waals surface area contributed by atoms with Crippen LogP contribution in [0.4, 0.5) is 0 Å². The van der Waals surface area contributed by atoms with Gasteiger partial charge in [-0.25, -0.2) is 13.1 Å². The molecule has 0 aliphatic heterocycles. The molecule has 1 aliphatic carbocycles. The molecule has 1 aliphatic rings. The summed E-state index contributed by atoms with van der Waals surface area (Å²) >= 11 is 0. The monoisotopic (exact) mass is 401 g/mol. The van der Waals surface area contributed by atoms with Crippen molar-refractivity contribution in [3.63, 3.8) is 0 Å². The number of hydrogen-bond donors (Lipinski definition) is 1. The fourth-order valence-corrected chi connectivity index (χ4v) is 4.30. The normalized spacial score (nSPS) is 14.4. The molecule has 1 amide bonds. The van der Waals surface area contributed by atoms with Crippen molar-refractivity contribution in [2.24, 2.45) is 0 Å². The van der Waals surface area contributed by atoms with Gasteiger partial charge in [-0.1, -0.05) is 29.8 Å². The average Bonchev–Trinajstić information content (AvgIpc) is 2.71. The second-order valence-electron chi connectivity index (χ2n) is 6.69. The van der Waals surface area contributed by atoms with E-state index in [4.69, 9.17) is 0 Å². The first-order chi connectivity index (χ1) is 13.5. The second-order valence-corrected chi connectivity index (χ2v) is 8.59. The number of carbonyl (C=O) groups excluding carboxylic acids is 1. The molecule has 0 atom stereocenters. The van der Waals surface area contributed by atoms with E-state index in [0.29, 0.717) is 6.54 Å². The van der Waals surface area contributed by atoms with Crippen LogP contribution in [0.1, 0.15) is 32.1 Å². The van der Waals surface area contributed by atoms with Gasteiger partial charge >= 0.3 is 0 Å². The van der Waals surface area contributed by atoms with E-state index in [-0.39, 0.29) is 22.4 Å². The fraction of sp³-hybridized carbons (Fsp3) is 0.350. The van der Waals surface area contributed by atoms with Crippen molar-refractivity contribution in [3.8, 4) is 0 Å². The Kier molecular flexibility index (Phi) is 6.41. The molecule has 0 radical (unpaired) electrons. The Morgan fingerprint density at radius 3 is 2.61 bits per heavy atom. The molecule has 0 spiro atoms. The molecule has 0 fully saturated rings. The van der Waals surface area contributed by atoms with Gasteiger partial charge in [0.25, 0.3) is 5.56 Å². The van der Waals surface area contributed by atoms with Crippen LogP contribution in [0.5, 0.6) is 0 Å². The molecule has 0 saturated carbocycles. The Morgan fingerprint density at radius 1 is 1.11 bits per heavy atom. The summed E-state index contributed by atoms with van der Waals surface area (Å²) < 4.78 is 26.2. The molecule has 7 nitrogen and oxygen atoms in total. The molecular formula is C20H23N3O4S. The third kappa shape index (κ3) is 4.95. The number of nitrogens with one attached hydrogen (secondary N) is 1. The van der Waals surface area contributed by atoms with Crippen LogP contribution in [0.15, 0.2) is 68.8 Å². The quantitative estimate of drug-likeness (QED) is 0.717. The summed E-state index contributed by atoms with van der Waals surface area (Å²) in [5, 5.41) is 6.40. The molecule has 1 N–H and O–H groups in total. The summed E-state index contributed by atoms with van der Waals surface area (Å²) in [6, 6.07) is 10.1. The maximum atomic E-state index is 12.6. The molecule has 148 valence electrons. The molecule has 1 aromatic carbocycles. The van der Waals surface area contributed by atoms with Crippen molar-refractivity contribution in [1.29, 1.82) is 0 Å². The summed E-state index contributed by atoms with van der Waals surface area (Å²) in [6.07, 6.45) is 7.56. The second kappa shape index (κ2) is 8.97. The van der Waals surface area contributed by atoms with E-state index in [2.05, 4.69) is 16.5 Å². The molecule has 0 unspecified atom stereocenters. The van der Waals surface area contributed by atoms with E-state index in [1.807, 2.05) is 0 Å². The zero-order valence-electron chi connectivity index (χ0n) is 15.5. The lowest BCUT2D eigenvalue weighted by Gasteiger charge is -2.13. The predicted molar refractivity (Wildman–Crippen MR) is 105 cm³/mol. The van der Waals surface area contributed by atoms with E-state index in [9.17, 15) is 18.0 Å². The van der Waals surface area contributed by atoms with Crippen molar-refractivity contribution in [2.45, 2.75) is 48.6 Å². The Balaban J connectivity index is 1.67. The van der Waals surface area contributed by atoms with Crippen molar-refractivity contribution < 1.29 is 13.2 Å². The highest BCUT2D eigenvalue weighted by molar-refractivity contribution is 7.91. The van der Waals surface area contributed by atoms with Crippen LogP contribution in [0, 0.1) is 0 Å². The largest absolute Gasteiger partial charge is 0.354 e. The van der Waals surface area contributed by atoms with Gasteiger partial charge in [0.2, 0.25) is 15.7 Å². The van der Waals surface area contributed by atoms with Crippen molar-refractivity contribution in [3.05, 3.63) is 64.5 Å². The number of carbonyl (C=O) groups is 1. The number of benzene rings is 1. The third-order valence-electron chi connectivity index (χ3n) is 4.62. The number of hydrogen-bond acceptors (Lipinski definition) is 5. The van der Waals surface area contributed by atoms with Crippen molar-refractivity contribution in [2.75, 3.05) is 6.54 Å². The lowest BCUT2D eigenvalue weighted by atomic mass is 9.97. The Morgan fingerprint density at radius 2 is 1.89 bits per heavy atom. The zero-order valence-corrected chi connectivity index (χ0v) is 16.3. The molecule has 1 heterocycles. The first kappa shape index (κ1) is 20.0. The summed E-state index contributed by atoms with van der Waals surface area (Å²) in [6.45, 7) is 0.164. The minimum Gasteiger partial charge on any atom is -0.354 e. The first-order valence-electron chi connectivity index (χ1n) is 9.30. The van der Waals surface area contributed by atoms with Crippen LogP contribution >= 0.6 is 0 Å². The van der Waals surface area contributed by atoms with E-state index in [1.165, 1.54) is 30.5 Å². The first-order valence-corrected chi connectivity index (χ1v) is 10.8. The van der Waals surface area contributed by atoms with Gasteiger partial charge in [-0.15, -0.1) is 0 Å². The molecule has 8 heteroatoms. The lowest BCUT2D eigenvalue weighted by molar-refractivity contribution is -0.121. The van der Waals surface area contributed by atoms with E-state index >= 15 is 0 Å². The summed E-state index contributed by atoms with van der Waals surface area (Å²) in [4.78, 5) is 24.2. The topological polar surface area (TPSA) is 98.1 Å². The molecule has 2 aromatic rings.